The first-order chi connectivity index (χ1) is 12.0. The number of benzene rings is 1. The zero-order valence-electron chi connectivity index (χ0n) is 13.9. The SMILES string of the molecule is N[C@H](c1cc(Cl)c(Cl)cc1O)C1CCN(C(=O)[C@@H]2COCCN2)CC1. The van der Waals surface area contributed by atoms with Crippen molar-refractivity contribution in [3.05, 3.63) is 27.7 Å². The number of piperidine rings is 1. The van der Waals surface area contributed by atoms with Gasteiger partial charge in [0.1, 0.15) is 11.8 Å². The first-order valence-electron chi connectivity index (χ1n) is 8.50. The van der Waals surface area contributed by atoms with E-state index in [1.54, 1.807) is 6.07 Å². The summed E-state index contributed by atoms with van der Waals surface area (Å²) < 4.78 is 5.36. The number of hydrogen-bond donors (Lipinski definition) is 3. The Labute approximate surface area is 157 Å². The number of hydrogen-bond acceptors (Lipinski definition) is 5. The summed E-state index contributed by atoms with van der Waals surface area (Å²) in [5.74, 6) is 0.316. The minimum absolute atomic E-state index is 0.0592. The average molecular weight is 388 g/mol. The van der Waals surface area contributed by atoms with Crippen molar-refractivity contribution in [3.63, 3.8) is 0 Å². The van der Waals surface area contributed by atoms with E-state index in [0.29, 0.717) is 48.5 Å². The van der Waals surface area contributed by atoms with Gasteiger partial charge in [0, 0.05) is 37.3 Å². The number of ether oxygens (including phenoxy) is 1. The van der Waals surface area contributed by atoms with Gasteiger partial charge in [-0.15, -0.1) is 0 Å². The third kappa shape index (κ3) is 4.20. The molecule has 0 unspecified atom stereocenters. The second-order valence-corrected chi connectivity index (χ2v) is 7.41. The topological polar surface area (TPSA) is 87.8 Å². The molecule has 0 saturated carbocycles. The maximum atomic E-state index is 12.5. The number of morpholine rings is 1. The van der Waals surface area contributed by atoms with Gasteiger partial charge in [-0.25, -0.2) is 0 Å². The molecule has 2 aliphatic rings. The highest BCUT2D eigenvalue weighted by atomic mass is 35.5. The molecule has 1 aromatic rings. The largest absolute Gasteiger partial charge is 0.508 e. The number of carbonyl (C=O) groups is 1. The van der Waals surface area contributed by atoms with Crippen molar-refractivity contribution in [2.75, 3.05) is 32.8 Å². The summed E-state index contributed by atoms with van der Waals surface area (Å²) in [5, 5.41) is 14.0. The van der Waals surface area contributed by atoms with E-state index in [2.05, 4.69) is 5.32 Å². The Morgan fingerprint density at radius 2 is 2.00 bits per heavy atom. The third-order valence-corrected chi connectivity index (χ3v) is 5.73. The smallest absolute Gasteiger partial charge is 0.242 e. The van der Waals surface area contributed by atoms with Crippen molar-refractivity contribution in [3.8, 4) is 5.75 Å². The second kappa shape index (κ2) is 8.10. The van der Waals surface area contributed by atoms with Crippen LogP contribution in [0.15, 0.2) is 12.1 Å². The Balaban J connectivity index is 1.60. The molecular formula is C17H23Cl2N3O3. The summed E-state index contributed by atoms with van der Waals surface area (Å²) in [5.41, 5.74) is 6.95. The number of phenolic OH excluding ortho intramolecular Hbond substituents is 1. The van der Waals surface area contributed by atoms with Crippen LogP contribution in [0.5, 0.6) is 5.75 Å². The first-order valence-corrected chi connectivity index (χ1v) is 9.26. The molecule has 2 atom stereocenters. The lowest BCUT2D eigenvalue weighted by Crippen LogP contribution is -2.54. The number of nitrogens with one attached hydrogen (secondary N) is 1. The summed E-state index contributed by atoms with van der Waals surface area (Å²) in [6.07, 6.45) is 1.56. The first kappa shape index (κ1) is 18.7. The van der Waals surface area contributed by atoms with E-state index < -0.39 is 0 Å². The molecule has 3 rings (SSSR count). The van der Waals surface area contributed by atoms with Crippen LogP contribution in [0.25, 0.3) is 0 Å². The summed E-state index contributed by atoms with van der Waals surface area (Å²) in [6, 6.07) is 2.46. The summed E-state index contributed by atoms with van der Waals surface area (Å²) >= 11 is 12.0. The van der Waals surface area contributed by atoms with Crippen molar-refractivity contribution in [1.82, 2.24) is 10.2 Å². The van der Waals surface area contributed by atoms with Crippen LogP contribution in [0.4, 0.5) is 0 Å². The monoisotopic (exact) mass is 387 g/mol. The molecule has 0 bridgehead atoms. The van der Waals surface area contributed by atoms with E-state index in [0.717, 1.165) is 12.8 Å². The number of nitrogens with two attached hydrogens (primary N) is 1. The predicted octanol–water partition coefficient (Wildman–Crippen LogP) is 1.93. The molecule has 0 aromatic heterocycles. The van der Waals surface area contributed by atoms with E-state index in [1.165, 1.54) is 6.07 Å². The van der Waals surface area contributed by atoms with Gasteiger partial charge in [0.2, 0.25) is 5.91 Å². The standard InChI is InChI=1S/C17H23Cl2N3O3/c18-12-7-11(15(23)8-13(12)19)16(20)10-1-4-22(5-2-10)17(24)14-9-25-6-3-21-14/h7-8,10,14,16,21,23H,1-6,9,20H2/t14-,16-/m0/s1. The molecular weight excluding hydrogens is 365 g/mol. The van der Waals surface area contributed by atoms with Crippen LogP contribution in [0.3, 0.4) is 0 Å². The fourth-order valence-corrected chi connectivity index (χ4v) is 3.83. The Bertz CT molecular complexity index is 630. The van der Waals surface area contributed by atoms with E-state index >= 15 is 0 Å². The number of nitrogens with zero attached hydrogens (tertiary/aromatic N) is 1. The highest BCUT2D eigenvalue weighted by Crippen LogP contribution is 2.37. The van der Waals surface area contributed by atoms with Gasteiger partial charge < -0.3 is 25.8 Å². The van der Waals surface area contributed by atoms with E-state index in [-0.39, 0.29) is 29.7 Å². The van der Waals surface area contributed by atoms with Crippen LogP contribution in [0.2, 0.25) is 10.0 Å². The lowest BCUT2D eigenvalue weighted by atomic mass is 9.85. The second-order valence-electron chi connectivity index (χ2n) is 6.60. The molecule has 0 aliphatic carbocycles. The van der Waals surface area contributed by atoms with Crippen molar-refractivity contribution in [1.29, 1.82) is 0 Å². The number of likely N-dealkylation sites (tertiary alicyclic amines) is 1. The molecule has 2 fully saturated rings. The Kier molecular flexibility index (Phi) is 6.07. The van der Waals surface area contributed by atoms with Gasteiger partial charge in [-0.1, -0.05) is 23.2 Å². The van der Waals surface area contributed by atoms with E-state index in [4.69, 9.17) is 33.7 Å². The predicted molar refractivity (Wildman–Crippen MR) is 97.0 cm³/mol. The number of phenols is 1. The summed E-state index contributed by atoms with van der Waals surface area (Å²) in [7, 11) is 0. The fourth-order valence-electron chi connectivity index (χ4n) is 3.50. The molecule has 25 heavy (non-hydrogen) atoms. The fraction of sp³-hybridized carbons (Fsp3) is 0.588. The number of rotatable bonds is 3. The van der Waals surface area contributed by atoms with Gasteiger partial charge in [-0.2, -0.15) is 0 Å². The van der Waals surface area contributed by atoms with Crippen molar-refractivity contribution < 1.29 is 14.6 Å². The zero-order chi connectivity index (χ0) is 18.0. The van der Waals surface area contributed by atoms with Gasteiger partial charge >= 0.3 is 0 Å². The molecule has 0 radical (unpaired) electrons. The third-order valence-electron chi connectivity index (χ3n) is 5.01. The number of carbonyl (C=O) groups excluding carboxylic acids is 1. The van der Waals surface area contributed by atoms with Crippen molar-refractivity contribution in [2.45, 2.75) is 24.9 Å². The molecule has 8 heteroatoms. The van der Waals surface area contributed by atoms with Crippen LogP contribution < -0.4 is 11.1 Å². The van der Waals surface area contributed by atoms with Crippen molar-refractivity contribution in [2.24, 2.45) is 11.7 Å². The number of amides is 1. The maximum absolute atomic E-state index is 12.5. The molecule has 2 saturated heterocycles. The number of halogens is 2. The molecule has 2 heterocycles. The van der Waals surface area contributed by atoms with Gasteiger partial charge in [-0.3, -0.25) is 4.79 Å². The maximum Gasteiger partial charge on any atom is 0.242 e. The van der Waals surface area contributed by atoms with Crippen LogP contribution in [0, 0.1) is 5.92 Å². The zero-order valence-corrected chi connectivity index (χ0v) is 15.4. The Morgan fingerprint density at radius 3 is 2.64 bits per heavy atom. The van der Waals surface area contributed by atoms with Crippen LogP contribution in [-0.4, -0.2) is 54.8 Å². The normalized spacial score (nSPS) is 23.5. The molecule has 6 nitrogen and oxygen atoms in total. The van der Waals surface area contributed by atoms with Gasteiger partial charge in [0.15, 0.2) is 0 Å². The minimum atomic E-state index is -0.344. The van der Waals surface area contributed by atoms with Crippen LogP contribution in [0.1, 0.15) is 24.4 Å². The highest BCUT2D eigenvalue weighted by molar-refractivity contribution is 6.42. The average Bonchev–Trinajstić information content (AvgIpc) is 2.64. The van der Waals surface area contributed by atoms with Gasteiger partial charge in [-0.05, 0) is 24.8 Å². The van der Waals surface area contributed by atoms with E-state index in [1.807, 2.05) is 4.90 Å². The highest BCUT2D eigenvalue weighted by Gasteiger charge is 2.32. The minimum Gasteiger partial charge on any atom is -0.508 e. The van der Waals surface area contributed by atoms with Crippen LogP contribution >= 0.6 is 23.2 Å². The summed E-state index contributed by atoms with van der Waals surface area (Å²) in [6.45, 7) is 3.08. The van der Waals surface area contributed by atoms with Gasteiger partial charge in [0.25, 0.3) is 0 Å². The van der Waals surface area contributed by atoms with Crippen molar-refractivity contribution >= 4 is 29.1 Å². The number of aromatic hydroxyl groups is 1. The summed E-state index contributed by atoms with van der Waals surface area (Å²) in [4.78, 5) is 14.4. The lowest BCUT2D eigenvalue weighted by Gasteiger charge is -2.37. The van der Waals surface area contributed by atoms with Gasteiger partial charge in [0.05, 0.1) is 23.3 Å². The molecule has 2 aliphatic heterocycles. The van der Waals surface area contributed by atoms with E-state index in [9.17, 15) is 9.90 Å². The molecule has 1 aromatic carbocycles. The lowest BCUT2D eigenvalue weighted by molar-refractivity contribution is -0.137. The molecule has 1 amide bonds. The Hall–Kier alpha value is -1.05. The quantitative estimate of drug-likeness (QED) is 0.737. The Morgan fingerprint density at radius 1 is 1.32 bits per heavy atom. The van der Waals surface area contributed by atoms with Crippen LogP contribution in [-0.2, 0) is 9.53 Å². The molecule has 4 N–H and O–H groups in total. The molecule has 138 valence electrons. The molecule has 0 spiro atoms.